The SMILES string of the molecule is Cc1cc(C)c(C(=O)C[C@]2(O)C(=O)N(Cc3ccc4c(c3)OCO4)c3ccccc32)cc1C. The van der Waals surface area contributed by atoms with Crippen molar-refractivity contribution in [3.05, 3.63) is 88.0 Å². The number of anilines is 1. The first-order chi connectivity index (χ1) is 15.8. The molecule has 0 unspecified atom stereocenters. The van der Waals surface area contributed by atoms with E-state index in [-0.39, 0.29) is 25.5 Å². The van der Waals surface area contributed by atoms with Gasteiger partial charge in [0.15, 0.2) is 22.9 Å². The third-order valence-corrected chi connectivity index (χ3v) is 6.57. The number of aryl methyl sites for hydroxylation is 3. The average molecular weight is 443 g/mol. The predicted octanol–water partition coefficient (Wildman–Crippen LogP) is 4.35. The number of fused-ring (bicyclic) bond motifs is 2. The smallest absolute Gasteiger partial charge is 0.264 e. The van der Waals surface area contributed by atoms with Crippen LogP contribution in [0.2, 0.25) is 0 Å². The molecule has 33 heavy (non-hydrogen) atoms. The van der Waals surface area contributed by atoms with Crippen LogP contribution in [-0.4, -0.2) is 23.6 Å². The van der Waals surface area contributed by atoms with Gasteiger partial charge in [0.1, 0.15) is 0 Å². The summed E-state index contributed by atoms with van der Waals surface area (Å²) in [6, 6.07) is 16.4. The summed E-state index contributed by atoms with van der Waals surface area (Å²) in [5.74, 6) is 0.531. The number of nitrogens with zero attached hydrogens (tertiary/aromatic N) is 1. The molecular weight excluding hydrogens is 418 g/mol. The van der Waals surface area contributed by atoms with Crippen LogP contribution >= 0.6 is 0 Å². The molecule has 0 aliphatic carbocycles. The molecule has 0 radical (unpaired) electrons. The van der Waals surface area contributed by atoms with Gasteiger partial charge < -0.3 is 19.5 Å². The van der Waals surface area contributed by atoms with Crippen molar-refractivity contribution in [2.45, 2.75) is 39.3 Å². The zero-order valence-electron chi connectivity index (χ0n) is 18.8. The number of para-hydroxylation sites is 1. The number of carbonyl (C=O) groups is 2. The Morgan fingerprint density at radius 1 is 0.970 bits per heavy atom. The highest BCUT2D eigenvalue weighted by Crippen LogP contribution is 2.44. The Morgan fingerprint density at radius 2 is 1.70 bits per heavy atom. The van der Waals surface area contributed by atoms with Gasteiger partial charge >= 0.3 is 0 Å². The number of aliphatic hydroxyl groups is 1. The molecule has 0 bridgehead atoms. The Kier molecular flexibility index (Phi) is 4.98. The lowest BCUT2D eigenvalue weighted by atomic mass is 9.86. The molecule has 2 heterocycles. The van der Waals surface area contributed by atoms with E-state index in [1.165, 1.54) is 4.90 Å². The molecule has 3 aromatic carbocycles. The normalized spacial score (nSPS) is 18.5. The molecule has 6 heteroatoms. The van der Waals surface area contributed by atoms with Crippen LogP contribution in [0.25, 0.3) is 0 Å². The fraction of sp³-hybridized carbons (Fsp3) is 0.259. The fourth-order valence-corrected chi connectivity index (χ4v) is 4.64. The topological polar surface area (TPSA) is 76.1 Å². The van der Waals surface area contributed by atoms with Crippen LogP contribution in [-0.2, 0) is 16.9 Å². The second kappa shape index (κ2) is 7.74. The number of carbonyl (C=O) groups excluding carboxylic acids is 2. The zero-order valence-corrected chi connectivity index (χ0v) is 18.8. The number of ketones is 1. The number of hydrogen-bond donors (Lipinski definition) is 1. The van der Waals surface area contributed by atoms with Gasteiger partial charge in [-0.05, 0) is 67.3 Å². The number of benzene rings is 3. The van der Waals surface area contributed by atoms with Crippen molar-refractivity contribution in [2.75, 3.05) is 11.7 Å². The van der Waals surface area contributed by atoms with E-state index in [0.717, 1.165) is 22.3 Å². The first kappa shape index (κ1) is 21.2. The van der Waals surface area contributed by atoms with Crippen molar-refractivity contribution in [2.24, 2.45) is 0 Å². The van der Waals surface area contributed by atoms with Gasteiger partial charge in [-0.1, -0.05) is 30.3 Å². The van der Waals surface area contributed by atoms with Crippen LogP contribution in [0.3, 0.4) is 0 Å². The van der Waals surface area contributed by atoms with Crippen LogP contribution < -0.4 is 14.4 Å². The quantitative estimate of drug-likeness (QED) is 0.594. The molecule has 0 saturated heterocycles. The minimum absolute atomic E-state index is 0.171. The number of Topliss-reactive ketones (excluding diaryl/α,β-unsaturated/α-hetero) is 1. The van der Waals surface area contributed by atoms with Crippen molar-refractivity contribution >= 4 is 17.4 Å². The molecule has 0 fully saturated rings. The van der Waals surface area contributed by atoms with Crippen LogP contribution in [0.15, 0.2) is 54.6 Å². The van der Waals surface area contributed by atoms with Gasteiger partial charge in [0.2, 0.25) is 6.79 Å². The van der Waals surface area contributed by atoms with E-state index >= 15 is 0 Å². The number of ether oxygens (including phenoxy) is 2. The van der Waals surface area contributed by atoms with E-state index < -0.39 is 11.5 Å². The third kappa shape index (κ3) is 3.47. The minimum atomic E-state index is -1.92. The lowest BCUT2D eigenvalue weighted by molar-refractivity contribution is -0.136. The summed E-state index contributed by atoms with van der Waals surface area (Å²) >= 11 is 0. The lowest BCUT2D eigenvalue weighted by Gasteiger charge is -2.23. The van der Waals surface area contributed by atoms with Crippen molar-refractivity contribution in [3.8, 4) is 11.5 Å². The largest absolute Gasteiger partial charge is 0.454 e. The third-order valence-electron chi connectivity index (χ3n) is 6.57. The van der Waals surface area contributed by atoms with E-state index in [2.05, 4.69) is 0 Å². The summed E-state index contributed by atoms with van der Waals surface area (Å²) in [5, 5.41) is 11.6. The Hall–Kier alpha value is -3.64. The average Bonchev–Trinajstić information content (AvgIpc) is 3.34. The molecule has 1 N–H and O–H groups in total. The summed E-state index contributed by atoms with van der Waals surface area (Å²) in [5.41, 5.74) is 3.43. The standard InChI is InChI=1S/C27H25NO5/c1-16-10-18(3)20(11-17(16)2)23(29)13-27(31)21-6-4-5-7-22(21)28(26(27)30)14-19-8-9-24-25(12-19)33-15-32-24/h4-12,31H,13-15H2,1-3H3/t27-/m1/s1. The Balaban J connectivity index is 1.48. The summed E-state index contributed by atoms with van der Waals surface area (Å²) in [6.45, 7) is 6.23. The monoisotopic (exact) mass is 443 g/mol. The van der Waals surface area contributed by atoms with Gasteiger partial charge in [0, 0.05) is 11.1 Å². The lowest BCUT2D eigenvalue weighted by Crippen LogP contribution is -2.41. The van der Waals surface area contributed by atoms with Gasteiger partial charge in [-0.3, -0.25) is 9.59 Å². The molecule has 0 aromatic heterocycles. The maximum Gasteiger partial charge on any atom is 0.264 e. The van der Waals surface area contributed by atoms with Crippen molar-refractivity contribution in [1.29, 1.82) is 0 Å². The molecule has 168 valence electrons. The van der Waals surface area contributed by atoms with E-state index in [9.17, 15) is 14.7 Å². The van der Waals surface area contributed by atoms with E-state index in [1.54, 1.807) is 18.2 Å². The second-order valence-electron chi connectivity index (χ2n) is 8.81. The molecule has 1 atom stereocenters. The maximum atomic E-state index is 13.6. The second-order valence-corrected chi connectivity index (χ2v) is 8.81. The van der Waals surface area contributed by atoms with Crippen LogP contribution in [0, 0.1) is 20.8 Å². The predicted molar refractivity (Wildman–Crippen MR) is 124 cm³/mol. The molecule has 2 aliphatic rings. The van der Waals surface area contributed by atoms with Gasteiger partial charge in [-0.15, -0.1) is 0 Å². The highest BCUT2D eigenvalue weighted by molar-refractivity contribution is 6.11. The van der Waals surface area contributed by atoms with Crippen LogP contribution in [0.1, 0.15) is 44.6 Å². The molecule has 2 aliphatic heterocycles. The molecule has 5 rings (SSSR count). The molecule has 1 amide bonds. The van der Waals surface area contributed by atoms with Crippen molar-refractivity contribution in [1.82, 2.24) is 0 Å². The van der Waals surface area contributed by atoms with Crippen LogP contribution in [0.4, 0.5) is 5.69 Å². The van der Waals surface area contributed by atoms with E-state index in [0.29, 0.717) is 28.3 Å². The van der Waals surface area contributed by atoms with Crippen molar-refractivity contribution in [3.63, 3.8) is 0 Å². The number of hydrogen-bond acceptors (Lipinski definition) is 5. The molecule has 6 nitrogen and oxygen atoms in total. The zero-order chi connectivity index (χ0) is 23.3. The fourth-order valence-electron chi connectivity index (χ4n) is 4.64. The Morgan fingerprint density at radius 3 is 2.52 bits per heavy atom. The van der Waals surface area contributed by atoms with Crippen LogP contribution in [0.5, 0.6) is 11.5 Å². The number of amides is 1. The Labute approximate surface area is 192 Å². The first-order valence-corrected chi connectivity index (χ1v) is 10.9. The summed E-state index contributed by atoms with van der Waals surface area (Å²) in [4.78, 5) is 28.4. The Bertz CT molecular complexity index is 1300. The van der Waals surface area contributed by atoms with Gasteiger partial charge in [-0.25, -0.2) is 0 Å². The highest BCUT2D eigenvalue weighted by atomic mass is 16.7. The minimum Gasteiger partial charge on any atom is -0.454 e. The molecule has 0 saturated carbocycles. The van der Waals surface area contributed by atoms with Gasteiger partial charge in [0.05, 0.1) is 18.7 Å². The summed E-state index contributed by atoms with van der Waals surface area (Å²) < 4.78 is 10.8. The summed E-state index contributed by atoms with van der Waals surface area (Å²) in [6.07, 6.45) is -0.316. The van der Waals surface area contributed by atoms with E-state index in [1.807, 2.05) is 57.2 Å². The summed E-state index contributed by atoms with van der Waals surface area (Å²) in [7, 11) is 0. The first-order valence-electron chi connectivity index (χ1n) is 10.9. The van der Waals surface area contributed by atoms with Crippen molar-refractivity contribution < 1.29 is 24.2 Å². The number of rotatable bonds is 5. The highest BCUT2D eigenvalue weighted by Gasteiger charge is 2.50. The maximum absolute atomic E-state index is 13.6. The molecule has 3 aromatic rings. The van der Waals surface area contributed by atoms with Gasteiger partial charge in [-0.2, -0.15) is 0 Å². The van der Waals surface area contributed by atoms with E-state index in [4.69, 9.17) is 9.47 Å². The molecular formula is C27H25NO5. The molecule has 0 spiro atoms. The van der Waals surface area contributed by atoms with Gasteiger partial charge in [0.25, 0.3) is 5.91 Å².